The van der Waals surface area contributed by atoms with E-state index in [1.807, 2.05) is 0 Å². The molecule has 4 nitrogen and oxygen atoms in total. The predicted octanol–water partition coefficient (Wildman–Crippen LogP) is 2.40. The van der Waals surface area contributed by atoms with E-state index >= 15 is 0 Å². The first kappa shape index (κ1) is 15.1. The average molecular weight is 290 g/mol. The highest BCUT2D eigenvalue weighted by molar-refractivity contribution is 8.00. The minimum Gasteiger partial charge on any atom is -0.495 e. The minimum atomic E-state index is -0.249. The van der Waals surface area contributed by atoms with Crippen molar-refractivity contribution in [3.63, 3.8) is 0 Å². The fourth-order valence-corrected chi connectivity index (χ4v) is 2.16. The number of rotatable bonds is 6. The molecule has 1 amide bonds. The van der Waals surface area contributed by atoms with Gasteiger partial charge in [-0.3, -0.25) is 4.79 Å². The molecule has 1 unspecified atom stereocenters. The molecule has 0 saturated carbocycles. The van der Waals surface area contributed by atoms with Gasteiger partial charge in [0.15, 0.2) is 0 Å². The van der Waals surface area contributed by atoms with E-state index in [1.54, 1.807) is 25.1 Å². The van der Waals surface area contributed by atoms with Crippen LogP contribution >= 0.6 is 23.4 Å². The van der Waals surface area contributed by atoms with Gasteiger partial charge in [0.1, 0.15) is 5.75 Å². The van der Waals surface area contributed by atoms with Crippen LogP contribution in [0.25, 0.3) is 0 Å². The number of aliphatic hydroxyl groups is 1. The molecule has 1 aromatic carbocycles. The maximum Gasteiger partial charge on any atom is 0.237 e. The fraction of sp³-hybridized carbons (Fsp3) is 0.417. The lowest BCUT2D eigenvalue weighted by atomic mass is 10.3. The van der Waals surface area contributed by atoms with Gasteiger partial charge in [0.05, 0.1) is 24.7 Å². The molecule has 2 N–H and O–H groups in total. The summed E-state index contributed by atoms with van der Waals surface area (Å²) in [5.74, 6) is 0.947. The Balaban J connectivity index is 2.71. The van der Waals surface area contributed by atoms with Crippen LogP contribution in [0.3, 0.4) is 0 Å². The molecule has 6 heteroatoms. The van der Waals surface area contributed by atoms with Gasteiger partial charge < -0.3 is 15.2 Å². The van der Waals surface area contributed by atoms with Crippen LogP contribution < -0.4 is 10.1 Å². The number of carbonyl (C=O) groups is 1. The van der Waals surface area contributed by atoms with Crippen molar-refractivity contribution < 1.29 is 14.6 Å². The number of amides is 1. The van der Waals surface area contributed by atoms with Crippen LogP contribution in [0, 0.1) is 0 Å². The molecule has 0 radical (unpaired) electrons. The second-order valence-electron chi connectivity index (χ2n) is 3.57. The zero-order valence-electron chi connectivity index (χ0n) is 10.3. The highest BCUT2D eigenvalue weighted by atomic mass is 35.5. The van der Waals surface area contributed by atoms with Gasteiger partial charge in [0.25, 0.3) is 0 Å². The number of anilines is 1. The first-order chi connectivity index (χ1) is 8.58. The predicted molar refractivity (Wildman–Crippen MR) is 75.6 cm³/mol. The lowest BCUT2D eigenvalue weighted by molar-refractivity contribution is -0.115. The average Bonchev–Trinajstić information content (AvgIpc) is 2.36. The van der Waals surface area contributed by atoms with Crippen molar-refractivity contribution in [3.8, 4) is 5.75 Å². The fourth-order valence-electron chi connectivity index (χ4n) is 1.32. The summed E-state index contributed by atoms with van der Waals surface area (Å²) in [4.78, 5) is 11.9. The number of hydrogen-bond donors (Lipinski definition) is 2. The SMILES string of the molecule is COc1ccc(Cl)cc1NC(=O)C(C)SCCO. The van der Waals surface area contributed by atoms with Crippen molar-refractivity contribution in [1.29, 1.82) is 0 Å². The minimum absolute atomic E-state index is 0.0583. The molecule has 0 bridgehead atoms. The molecule has 0 aliphatic carbocycles. The van der Waals surface area contributed by atoms with Crippen molar-refractivity contribution in [2.45, 2.75) is 12.2 Å². The van der Waals surface area contributed by atoms with Gasteiger partial charge in [-0.1, -0.05) is 11.6 Å². The highest BCUT2D eigenvalue weighted by Gasteiger charge is 2.15. The molecule has 18 heavy (non-hydrogen) atoms. The molecule has 0 aliphatic rings. The highest BCUT2D eigenvalue weighted by Crippen LogP contribution is 2.28. The molecule has 0 spiro atoms. The number of methoxy groups -OCH3 is 1. The van der Waals surface area contributed by atoms with E-state index in [4.69, 9.17) is 21.4 Å². The summed E-state index contributed by atoms with van der Waals surface area (Å²) in [7, 11) is 1.53. The van der Waals surface area contributed by atoms with E-state index in [9.17, 15) is 4.79 Å². The maximum atomic E-state index is 11.9. The maximum absolute atomic E-state index is 11.9. The molecule has 0 saturated heterocycles. The van der Waals surface area contributed by atoms with Gasteiger partial charge in [0, 0.05) is 10.8 Å². The number of nitrogens with one attached hydrogen (secondary N) is 1. The monoisotopic (exact) mass is 289 g/mol. The van der Waals surface area contributed by atoms with E-state index in [-0.39, 0.29) is 17.8 Å². The third-order valence-corrected chi connectivity index (χ3v) is 3.62. The van der Waals surface area contributed by atoms with Crippen LogP contribution in [-0.2, 0) is 4.79 Å². The number of hydrogen-bond acceptors (Lipinski definition) is 4. The van der Waals surface area contributed by atoms with Gasteiger partial charge in [-0.2, -0.15) is 0 Å². The Hall–Kier alpha value is -0.910. The Bertz CT molecular complexity index is 414. The van der Waals surface area contributed by atoms with Crippen molar-refractivity contribution in [2.75, 3.05) is 24.8 Å². The number of aliphatic hydroxyl groups excluding tert-OH is 1. The van der Waals surface area contributed by atoms with Crippen molar-refractivity contribution in [1.82, 2.24) is 0 Å². The lowest BCUT2D eigenvalue weighted by Gasteiger charge is -2.14. The Morgan fingerprint density at radius 1 is 1.61 bits per heavy atom. The van der Waals surface area contributed by atoms with E-state index in [0.717, 1.165) is 0 Å². The Labute approximate surface area is 116 Å². The van der Waals surface area contributed by atoms with Gasteiger partial charge in [0.2, 0.25) is 5.91 Å². The van der Waals surface area contributed by atoms with E-state index in [2.05, 4.69) is 5.32 Å². The summed E-state index contributed by atoms with van der Waals surface area (Å²) in [5, 5.41) is 11.8. The molecule has 1 atom stereocenters. The van der Waals surface area contributed by atoms with Crippen LogP contribution in [0.15, 0.2) is 18.2 Å². The number of thioether (sulfide) groups is 1. The van der Waals surface area contributed by atoms with Crippen LogP contribution in [0.4, 0.5) is 5.69 Å². The van der Waals surface area contributed by atoms with Crippen molar-refractivity contribution >= 4 is 35.0 Å². The smallest absolute Gasteiger partial charge is 0.237 e. The molecule has 0 heterocycles. The number of carbonyl (C=O) groups excluding carboxylic acids is 1. The van der Waals surface area contributed by atoms with E-state index in [0.29, 0.717) is 22.2 Å². The molecule has 0 aliphatic heterocycles. The standard InChI is InChI=1S/C12H16ClNO3S/c1-8(18-6-5-15)12(16)14-10-7-9(13)3-4-11(10)17-2/h3-4,7-8,15H,5-6H2,1-2H3,(H,14,16). The molecule has 1 rings (SSSR count). The van der Waals surface area contributed by atoms with Crippen LogP contribution in [0.2, 0.25) is 5.02 Å². The summed E-state index contributed by atoms with van der Waals surface area (Å²) in [6.45, 7) is 1.84. The molecule has 0 aromatic heterocycles. The van der Waals surface area contributed by atoms with Gasteiger partial charge in [-0.25, -0.2) is 0 Å². The first-order valence-electron chi connectivity index (χ1n) is 5.45. The van der Waals surface area contributed by atoms with Gasteiger partial charge in [-0.05, 0) is 25.1 Å². The third kappa shape index (κ3) is 4.40. The lowest BCUT2D eigenvalue weighted by Crippen LogP contribution is -2.23. The van der Waals surface area contributed by atoms with Crippen LogP contribution in [0.1, 0.15) is 6.92 Å². The summed E-state index contributed by atoms with van der Waals surface area (Å²) >= 11 is 7.26. The quantitative estimate of drug-likeness (QED) is 0.844. The van der Waals surface area contributed by atoms with Gasteiger partial charge in [-0.15, -0.1) is 11.8 Å². The van der Waals surface area contributed by atoms with Crippen LogP contribution in [-0.4, -0.2) is 35.7 Å². The van der Waals surface area contributed by atoms with Crippen LogP contribution in [0.5, 0.6) is 5.75 Å². The summed E-state index contributed by atoms with van der Waals surface area (Å²) < 4.78 is 5.14. The molecule has 1 aromatic rings. The van der Waals surface area contributed by atoms with Crippen molar-refractivity contribution in [2.24, 2.45) is 0 Å². The molecule has 0 fully saturated rings. The zero-order valence-corrected chi connectivity index (χ0v) is 11.8. The first-order valence-corrected chi connectivity index (χ1v) is 6.88. The Kier molecular flexibility index (Phi) is 6.32. The second-order valence-corrected chi connectivity index (χ2v) is 5.46. The zero-order chi connectivity index (χ0) is 13.5. The normalized spacial score (nSPS) is 12.0. The number of ether oxygens (including phenoxy) is 1. The third-order valence-electron chi connectivity index (χ3n) is 2.25. The van der Waals surface area contributed by atoms with E-state index < -0.39 is 0 Å². The number of halogens is 1. The molecular weight excluding hydrogens is 274 g/mol. The van der Waals surface area contributed by atoms with E-state index in [1.165, 1.54) is 18.9 Å². The largest absolute Gasteiger partial charge is 0.495 e. The number of benzene rings is 1. The molecular formula is C12H16ClNO3S. The summed E-state index contributed by atoms with van der Waals surface area (Å²) in [6, 6.07) is 5.03. The second kappa shape index (κ2) is 7.51. The van der Waals surface area contributed by atoms with Gasteiger partial charge >= 0.3 is 0 Å². The Morgan fingerprint density at radius 2 is 2.33 bits per heavy atom. The Morgan fingerprint density at radius 3 is 2.94 bits per heavy atom. The van der Waals surface area contributed by atoms with Crippen molar-refractivity contribution in [3.05, 3.63) is 23.2 Å². The summed E-state index contributed by atoms with van der Waals surface area (Å²) in [6.07, 6.45) is 0. The molecule has 100 valence electrons. The topological polar surface area (TPSA) is 58.6 Å². The summed E-state index contributed by atoms with van der Waals surface area (Å²) in [5.41, 5.74) is 0.548.